The molecule has 1 aliphatic rings. The molecule has 1 saturated heterocycles. The van der Waals surface area contributed by atoms with Gasteiger partial charge in [0.25, 0.3) is 5.91 Å². The van der Waals surface area contributed by atoms with E-state index in [1.165, 1.54) is 30.5 Å². The van der Waals surface area contributed by atoms with Gasteiger partial charge in [-0.3, -0.25) is 9.78 Å². The summed E-state index contributed by atoms with van der Waals surface area (Å²) in [7, 11) is 1.81. The molecule has 0 spiro atoms. The number of carbonyl (C=O) groups excluding carboxylic acids is 1. The van der Waals surface area contributed by atoms with E-state index in [0.29, 0.717) is 23.0 Å². The van der Waals surface area contributed by atoms with Gasteiger partial charge >= 0.3 is 0 Å². The molecule has 0 radical (unpaired) electrons. The van der Waals surface area contributed by atoms with Crippen LogP contribution in [-0.4, -0.2) is 42.5 Å². The molecule has 25 heavy (non-hydrogen) atoms. The average Bonchev–Trinajstić information content (AvgIpc) is 2.64. The lowest BCUT2D eigenvalue weighted by atomic mass is 9.97. The summed E-state index contributed by atoms with van der Waals surface area (Å²) in [6.07, 6.45) is 5.23. The Bertz CT molecular complexity index is 715. The van der Waals surface area contributed by atoms with Crippen LogP contribution in [0.25, 0.3) is 0 Å². The highest BCUT2D eigenvalue weighted by atomic mass is 19.1. The highest BCUT2D eigenvalue weighted by Crippen LogP contribution is 2.26. The fourth-order valence-corrected chi connectivity index (χ4v) is 3.01. The largest absolute Gasteiger partial charge is 0.455 e. The van der Waals surface area contributed by atoms with Crippen molar-refractivity contribution in [3.05, 3.63) is 54.1 Å². The van der Waals surface area contributed by atoms with Crippen molar-refractivity contribution < 1.29 is 13.9 Å². The third-order valence-corrected chi connectivity index (χ3v) is 4.39. The van der Waals surface area contributed by atoms with Gasteiger partial charge in [0, 0.05) is 19.8 Å². The first-order chi connectivity index (χ1) is 12.1. The molecule has 1 N–H and O–H groups in total. The number of aromatic nitrogens is 1. The van der Waals surface area contributed by atoms with Crippen LogP contribution in [0, 0.1) is 11.7 Å². The van der Waals surface area contributed by atoms with Crippen molar-refractivity contribution in [2.45, 2.75) is 12.8 Å². The Morgan fingerprint density at radius 2 is 2.00 bits per heavy atom. The van der Waals surface area contributed by atoms with Crippen LogP contribution in [0.3, 0.4) is 0 Å². The first kappa shape index (κ1) is 17.4. The summed E-state index contributed by atoms with van der Waals surface area (Å²) in [5, 5.41) is 3.33. The molecule has 2 heterocycles. The highest BCUT2D eigenvalue weighted by molar-refractivity contribution is 5.96. The molecule has 6 heteroatoms. The van der Waals surface area contributed by atoms with Crippen LogP contribution in [0.15, 0.2) is 42.7 Å². The van der Waals surface area contributed by atoms with Crippen LogP contribution in [-0.2, 0) is 0 Å². The van der Waals surface area contributed by atoms with E-state index >= 15 is 0 Å². The van der Waals surface area contributed by atoms with Gasteiger partial charge in [-0.15, -0.1) is 0 Å². The summed E-state index contributed by atoms with van der Waals surface area (Å²) in [6.45, 7) is 2.72. The lowest BCUT2D eigenvalue weighted by Crippen LogP contribution is -2.37. The molecule has 0 aliphatic carbocycles. The Balaban J connectivity index is 1.72. The van der Waals surface area contributed by atoms with Crippen molar-refractivity contribution in [1.29, 1.82) is 0 Å². The predicted molar refractivity (Wildman–Crippen MR) is 93.3 cm³/mol. The molecule has 1 aromatic carbocycles. The second-order valence-electron chi connectivity index (χ2n) is 6.31. The third kappa shape index (κ3) is 4.54. The van der Waals surface area contributed by atoms with Gasteiger partial charge in [-0.05, 0) is 62.2 Å². The lowest BCUT2D eigenvalue weighted by Gasteiger charge is -2.28. The molecule has 2 aromatic rings. The van der Waals surface area contributed by atoms with Crippen LogP contribution in [0.4, 0.5) is 4.39 Å². The first-order valence-corrected chi connectivity index (χ1v) is 8.47. The summed E-state index contributed by atoms with van der Waals surface area (Å²) in [5.74, 6) is 0.911. The summed E-state index contributed by atoms with van der Waals surface area (Å²) in [6, 6.07) is 7.33. The fraction of sp³-hybridized carbons (Fsp3) is 0.368. The number of hydrogen-bond acceptors (Lipinski definition) is 4. The van der Waals surface area contributed by atoms with Gasteiger partial charge in [0.05, 0.1) is 11.8 Å². The predicted octanol–water partition coefficient (Wildman–Crippen LogP) is 3.08. The zero-order valence-electron chi connectivity index (χ0n) is 14.2. The molecule has 1 fully saturated rings. The minimum atomic E-state index is -0.337. The molecule has 0 atom stereocenters. The van der Waals surface area contributed by atoms with Crippen LogP contribution in [0.2, 0.25) is 0 Å². The molecule has 3 rings (SSSR count). The van der Waals surface area contributed by atoms with Gasteiger partial charge in [0.15, 0.2) is 5.75 Å². The summed E-state index contributed by atoms with van der Waals surface area (Å²) >= 11 is 0. The number of hydrogen-bond donors (Lipinski definition) is 1. The highest BCUT2D eigenvalue weighted by Gasteiger charge is 2.21. The Kier molecular flexibility index (Phi) is 5.60. The van der Waals surface area contributed by atoms with E-state index < -0.39 is 0 Å². The minimum Gasteiger partial charge on any atom is -0.455 e. The molecule has 1 aromatic heterocycles. The van der Waals surface area contributed by atoms with E-state index in [4.69, 9.17) is 4.74 Å². The van der Waals surface area contributed by atoms with Crippen LogP contribution >= 0.6 is 0 Å². The summed E-state index contributed by atoms with van der Waals surface area (Å²) in [4.78, 5) is 18.6. The van der Waals surface area contributed by atoms with Crippen molar-refractivity contribution in [2.75, 3.05) is 26.7 Å². The first-order valence-electron chi connectivity index (χ1n) is 8.47. The van der Waals surface area contributed by atoms with E-state index in [1.54, 1.807) is 17.2 Å². The lowest BCUT2D eigenvalue weighted by molar-refractivity contribution is 0.0760. The summed E-state index contributed by atoms with van der Waals surface area (Å²) < 4.78 is 18.8. The molecule has 0 bridgehead atoms. The Hall–Kier alpha value is -2.47. The number of nitrogens with zero attached hydrogens (tertiary/aromatic N) is 2. The van der Waals surface area contributed by atoms with Crippen LogP contribution in [0.5, 0.6) is 11.5 Å². The zero-order valence-corrected chi connectivity index (χ0v) is 14.2. The quantitative estimate of drug-likeness (QED) is 0.906. The van der Waals surface area contributed by atoms with Crippen molar-refractivity contribution in [1.82, 2.24) is 15.2 Å². The van der Waals surface area contributed by atoms with Crippen molar-refractivity contribution >= 4 is 5.91 Å². The minimum absolute atomic E-state index is 0.0990. The van der Waals surface area contributed by atoms with Crippen molar-refractivity contribution in [3.63, 3.8) is 0 Å². The smallest absolute Gasteiger partial charge is 0.257 e. The number of halogens is 1. The van der Waals surface area contributed by atoms with Crippen molar-refractivity contribution in [2.24, 2.45) is 5.92 Å². The topological polar surface area (TPSA) is 54.5 Å². The number of carbonyl (C=O) groups is 1. The monoisotopic (exact) mass is 343 g/mol. The van der Waals surface area contributed by atoms with E-state index in [-0.39, 0.29) is 11.7 Å². The standard InChI is InChI=1S/C19H22FN3O2/c1-23(13-14-6-9-21-10-7-14)19(24)17-8-11-22-12-18(17)25-16-4-2-15(20)3-5-16/h2-5,8,11-12,14,21H,6-7,9-10,13H2,1H3. The van der Waals surface area contributed by atoms with E-state index in [2.05, 4.69) is 10.3 Å². The third-order valence-electron chi connectivity index (χ3n) is 4.39. The normalized spacial score (nSPS) is 15.0. The molecule has 5 nitrogen and oxygen atoms in total. The van der Waals surface area contributed by atoms with E-state index in [0.717, 1.165) is 32.5 Å². The van der Waals surface area contributed by atoms with E-state index in [1.807, 2.05) is 7.05 Å². The molecule has 1 amide bonds. The number of pyridine rings is 1. The maximum atomic E-state index is 13.0. The Labute approximate surface area is 146 Å². The number of ether oxygens (including phenoxy) is 1. The second-order valence-corrected chi connectivity index (χ2v) is 6.31. The summed E-state index contributed by atoms with van der Waals surface area (Å²) in [5.41, 5.74) is 0.454. The number of benzene rings is 1. The number of rotatable bonds is 5. The average molecular weight is 343 g/mol. The van der Waals surface area contributed by atoms with Gasteiger partial charge < -0.3 is 15.0 Å². The van der Waals surface area contributed by atoms with E-state index in [9.17, 15) is 9.18 Å². The maximum Gasteiger partial charge on any atom is 0.257 e. The molecule has 132 valence electrons. The van der Waals surface area contributed by atoms with Gasteiger partial charge in [-0.1, -0.05) is 0 Å². The maximum absolute atomic E-state index is 13.0. The van der Waals surface area contributed by atoms with Crippen molar-refractivity contribution in [3.8, 4) is 11.5 Å². The van der Waals surface area contributed by atoms with Gasteiger partial charge in [0.1, 0.15) is 11.6 Å². The Morgan fingerprint density at radius 3 is 2.72 bits per heavy atom. The number of amides is 1. The van der Waals surface area contributed by atoms with Crippen LogP contribution < -0.4 is 10.1 Å². The fourth-order valence-electron chi connectivity index (χ4n) is 3.01. The van der Waals surface area contributed by atoms with Gasteiger partial charge in [-0.25, -0.2) is 4.39 Å². The number of piperidine rings is 1. The molecular formula is C19H22FN3O2. The molecule has 0 unspecified atom stereocenters. The zero-order chi connectivity index (χ0) is 17.6. The van der Waals surface area contributed by atoms with Crippen LogP contribution in [0.1, 0.15) is 23.2 Å². The Morgan fingerprint density at radius 1 is 1.28 bits per heavy atom. The molecule has 1 aliphatic heterocycles. The van der Waals surface area contributed by atoms with Gasteiger partial charge in [-0.2, -0.15) is 0 Å². The number of nitrogens with one attached hydrogen (secondary N) is 1. The second kappa shape index (κ2) is 8.07. The molecular weight excluding hydrogens is 321 g/mol. The SMILES string of the molecule is CN(CC1CCNCC1)C(=O)c1ccncc1Oc1ccc(F)cc1. The molecule has 0 saturated carbocycles. The van der Waals surface area contributed by atoms with Gasteiger partial charge in [0.2, 0.25) is 0 Å².